The van der Waals surface area contributed by atoms with Crippen LogP contribution in [0.4, 0.5) is 0 Å². The summed E-state index contributed by atoms with van der Waals surface area (Å²) in [6.07, 6.45) is 5.59. The summed E-state index contributed by atoms with van der Waals surface area (Å²) >= 11 is 0. The van der Waals surface area contributed by atoms with Crippen LogP contribution in [0.25, 0.3) is 0 Å². The predicted octanol–water partition coefficient (Wildman–Crippen LogP) is 2.46. The van der Waals surface area contributed by atoms with Gasteiger partial charge in [0.1, 0.15) is 0 Å². The summed E-state index contributed by atoms with van der Waals surface area (Å²) < 4.78 is 5.05. The molecule has 2 atom stereocenters. The molecule has 0 aliphatic heterocycles. The van der Waals surface area contributed by atoms with Gasteiger partial charge in [-0.3, -0.25) is 0 Å². The molecule has 0 radical (unpaired) electrons. The fourth-order valence-electron chi connectivity index (χ4n) is 1.92. The lowest BCUT2D eigenvalue weighted by Crippen LogP contribution is -2.06. The lowest BCUT2D eigenvalue weighted by atomic mass is 9.95. The second-order valence-corrected chi connectivity index (χ2v) is 3.45. The molecule has 1 aliphatic rings. The zero-order valence-electron chi connectivity index (χ0n) is 7.10. The van der Waals surface area contributed by atoms with Crippen LogP contribution in [0.2, 0.25) is 0 Å². The van der Waals surface area contributed by atoms with Crippen molar-refractivity contribution in [1.29, 1.82) is 0 Å². The summed E-state index contributed by atoms with van der Waals surface area (Å²) in [6.45, 7) is 3.32. The fourth-order valence-corrected chi connectivity index (χ4v) is 1.92. The summed E-state index contributed by atoms with van der Waals surface area (Å²) in [4.78, 5) is 0. The van der Waals surface area contributed by atoms with E-state index in [4.69, 9.17) is 4.74 Å². The summed E-state index contributed by atoms with van der Waals surface area (Å²) in [5, 5.41) is 0. The van der Waals surface area contributed by atoms with Gasteiger partial charge in [-0.2, -0.15) is 0 Å². The van der Waals surface area contributed by atoms with E-state index < -0.39 is 0 Å². The first-order valence-electron chi connectivity index (χ1n) is 4.33. The molecule has 10 heavy (non-hydrogen) atoms. The molecule has 0 N–H and O–H groups in total. The van der Waals surface area contributed by atoms with Crippen molar-refractivity contribution in [3.8, 4) is 0 Å². The molecule has 1 nitrogen and oxygen atoms in total. The Bertz CT molecular complexity index is 90.7. The van der Waals surface area contributed by atoms with Crippen LogP contribution in [-0.4, -0.2) is 13.7 Å². The molecule has 0 bridgehead atoms. The number of rotatable bonds is 3. The van der Waals surface area contributed by atoms with E-state index in [-0.39, 0.29) is 0 Å². The van der Waals surface area contributed by atoms with Gasteiger partial charge in [-0.15, -0.1) is 0 Å². The van der Waals surface area contributed by atoms with E-state index in [1.54, 1.807) is 7.11 Å². The first-order valence-corrected chi connectivity index (χ1v) is 4.33. The summed E-state index contributed by atoms with van der Waals surface area (Å²) in [7, 11) is 1.79. The van der Waals surface area contributed by atoms with Gasteiger partial charge in [0.25, 0.3) is 0 Å². The molecule has 0 unspecified atom stereocenters. The zero-order chi connectivity index (χ0) is 7.40. The molecule has 0 amide bonds. The molecule has 0 aromatic heterocycles. The van der Waals surface area contributed by atoms with Crippen LogP contribution < -0.4 is 0 Å². The molecule has 1 fully saturated rings. The van der Waals surface area contributed by atoms with E-state index in [9.17, 15) is 0 Å². The van der Waals surface area contributed by atoms with Crippen molar-refractivity contribution in [2.75, 3.05) is 13.7 Å². The second-order valence-electron chi connectivity index (χ2n) is 3.45. The van der Waals surface area contributed by atoms with Gasteiger partial charge in [0.05, 0.1) is 0 Å². The molecular formula is C9H18O. The second kappa shape index (κ2) is 3.97. The quantitative estimate of drug-likeness (QED) is 0.588. The van der Waals surface area contributed by atoms with E-state index in [0.717, 1.165) is 18.4 Å². The van der Waals surface area contributed by atoms with Crippen molar-refractivity contribution < 1.29 is 4.74 Å². The maximum absolute atomic E-state index is 5.05. The summed E-state index contributed by atoms with van der Waals surface area (Å²) in [5.41, 5.74) is 0. The molecule has 0 spiro atoms. The third-order valence-electron chi connectivity index (χ3n) is 2.73. The summed E-state index contributed by atoms with van der Waals surface area (Å²) in [5.74, 6) is 1.91. The fraction of sp³-hybridized carbons (Fsp3) is 1.00. The van der Waals surface area contributed by atoms with Gasteiger partial charge in [-0.25, -0.2) is 0 Å². The van der Waals surface area contributed by atoms with Crippen molar-refractivity contribution in [3.05, 3.63) is 0 Å². The third-order valence-corrected chi connectivity index (χ3v) is 2.73. The number of methoxy groups -OCH3 is 1. The topological polar surface area (TPSA) is 9.23 Å². The van der Waals surface area contributed by atoms with Crippen LogP contribution in [-0.2, 0) is 4.74 Å². The van der Waals surface area contributed by atoms with Crippen molar-refractivity contribution in [2.45, 2.75) is 32.6 Å². The van der Waals surface area contributed by atoms with Crippen LogP contribution in [0.1, 0.15) is 32.6 Å². The Kier molecular flexibility index (Phi) is 3.20. The maximum Gasteiger partial charge on any atom is 0.0465 e. The Balaban J connectivity index is 2.14. The van der Waals surface area contributed by atoms with Gasteiger partial charge < -0.3 is 4.74 Å². The summed E-state index contributed by atoms with van der Waals surface area (Å²) in [6, 6.07) is 0. The Morgan fingerprint density at radius 1 is 1.40 bits per heavy atom. The third kappa shape index (κ3) is 1.98. The van der Waals surface area contributed by atoms with E-state index in [2.05, 4.69) is 6.92 Å². The van der Waals surface area contributed by atoms with Gasteiger partial charge in [-0.05, 0) is 18.3 Å². The van der Waals surface area contributed by atoms with Crippen molar-refractivity contribution in [3.63, 3.8) is 0 Å². The molecule has 0 aromatic rings. The van der Waals surface area contributed by atoms with Crippen LogP contribution in [0.15, 0.2) is 0 Å². The number of hydrogen-bond acceptors (Lipinski definition) is 1. The van der Waals surface area contributed by atoms with Crippen LogP contribution in [0.5, 0.6) is 0 Å². The zero-order valence-corrected chi connectivity index (χ0v) is 7.10. The maximum atomic E-state index is 5.05. The number of ether oxygens (including phenoxy) is 1. The Labute approximate surface area is 63.8 Å². The van der Waals surface area contributed by atoms with Gasteiger partial charge >= 0.3 is 0 Å². The molecule has 0 saturated heterocycles. The Morgan fingerprint density at radius 3 is 2.70 bits per heavy atom. The van der Waals surface area contributed by atoms with E-state index in [1.165, 1.54) is 25.7 Å². The highest BCUT2D eigenvalue weighted by Crippen LogP contribution is 2.33. The molecule has 0 aromatic carbocycles. The molecule has 1 heteroatoms. The average molecular weight is 142 g/mol. The van der Waals surface area contributed by atoms with Gasteiger partial charge in [0.2, 0.25) is 0 Å². The Hall–Kier alpha value is -0.0400. The molecule has 1 saturated carbocycles. The number of hydrogen-bond donors (Lipinski definition) is 0. The minimum Gasteiger partial charge on any atom is -0.385 e. The lowest BCUT2D eigenvalue weighted by Gasteiger charge is -2.13. The minimum atomic E-state index is 0.953. The standard InChI is InChI=1S/C9H18O/c1-8-4-3-5-9(8)6-7-10-2/h8-9H,3-7H2,1-2H3/t8-,9+/m1/s1. The highest BCUT2D eigenvalue weighted by atomic mass is 16.5. The van der Waals surface area contributed by atoms with Crippen LogP contribution >= 0.6 is 0 Å². The minimum absolute atomic E-state index is 0.953. The Morgan fingerprint density at radius 2 is 2.20 bits per heavy atom. The average Bonchev–Trinajstić information content (AvgIpc) is 2.31. The van der Waals surface area contributed by atoms with E-state index in [0.29, 0.717) is 0 Å². The van der Waals surface area contributed by atoms with Gasteiger partial charge in [0.15, 0.2) is 0 Å². The predicted molar refractivity (Wildman–Crippen MR) is 43.0 cm³/mol. The first kappa shape index (κ1) is 8.06. The molecule has 1 aliphatic carbocycles. The highest BCUT2D eigenvalue weighted by molar-refractivity contribution is 4.73. The monoisotopic (exact) mass is 142 g/mol. The smallest absolute Gasteiger partial charge is 0.0465 e. The van der Waals surface area contributed by atoms with Crippen molar-refractivity contribution >= 4 is 0 Å². The highest BCUT2D eigenvalue weighted by Gasteiger charge is 2.22. The van der Waals surface area contributed by atoms with Crippen LogP contribution in [0.3, 0.4) is 0 Å². The van der Waals surface area contributed by atoms with Crippen molar-refractivity contribution in [2.24, 2.45) is 11.8 Å². The molecule has 1 rings (SSSR count). The first-order chi connectivity index (χ1) is 4.84. The normalized spacial score (nSPS) is 33.0. The SMILES string of the molecule is COCC[C@@H]1CCC[C@H]1C. The van der Waals surface area contributed by atoms with Gasteiger partial charge in [0, 0.05) is 13.7 Å². The largest absolute Gasteiger partial charge is 0.385 e. The van der Waals surface area contributed by atoms with Gasteiger partial charge in [-0.1, -0.05) is 26.2 Å². The van der Waals surface area contributed by atoms with Crippen LogP contribution in [0, 0.1) is 11.8 Å². The van der Waals surface area contributed by atoms with E-state index in [1.807, 2.05) is 0 Å². The van der Waals surface area contributed by atoms with Crippen molar-refractivity contribution in [1.82, 2.24) is 0 Å². The lowest BCUT2D eigenvalue weighted by molar-refractivity contribution is 0.169. The molecule has 0 heterocycles. The van der Waals surface area contributed by atoms with E-state index >= 15 is 0 Å². The molecular weight excluding hydrogens is 124 g/mol. The molecule has 60 valence electrons.